The summed E-state index contributed by atoms with van der Waals surface area (Å²) in [4.78, 5) is 39.7. The van der Waals surface area contributed by atoms with Crippen molar-refractivity contribution in [1.29, 1.82) is 0 Å². The number of allylic oxidation sites excluding steroid dienone is 5. The number of esters is 1. The molecule has 1 amide bonds. The second kappa shape index (κ2) is 46.0. The van der Waals surface area contributed by atoms with Gasteiger partial charge in [-0.2, -0.15) is 0 Å². The van der Waals surface area contributed by atoms with Gasteiger partial charge in [-0.25, -0.2) is 0 Å². The zero-order chi connectivity index (χ0) is 48.0. The largest absolute Gasteiger partial charge is 0.756 e. The van der Waals surface area contributed by atoms with E-state index in [0.29, 0.717) is 23.9 Å². The molecule has 382 valence electrons. The third-order valence-electron chi connectivity index (χ3n) is 12.0. The van der Waals surface area contributed by atoms with Gasteiger partial charge in [-0.1, -0.05) is 192 Å². The van der Waals surface area contributed by atoms with Crippen molar-refractivity contribution in [1.82, 2.24) is 5.32 Å². The topological polar surface area (TPSA) is 114 Å². The van der Waals surface area contributed by atoms with E-state index in [4.69, 9.17) is 13.8 Å². The van der Waals surface area contributed by atoms with Crippen LogP contribution in [0.2, 0.25) is 0 Å². The number of carbonyl (C=O) groups excluding carboxylic acids is 2. The maximum Gasteiger partial charge on any atom is 0.306 e. The van der Waals surface area contributed by atoms with E-state index in [2.05, 4.69) is 50.4 Å². The third-order valence-corrected chi connectivity index (χ3v) is 13.0. The molecule has 0 rings (SSSR count). The summed E-state index contributed by atoms with van der Waals surface area (Å²) in [6.45, 7) is 6.80. The van der Waals surface area contributed by atoms with Crippen molar-refractivity contribution in [2.24, 2.45) is 0 Å². The predicted molar refractivity (Wildman–Crippen MR) is 275 cm³/mol. The molecule has 9 nitrogen and oxygen atoms in total. The first-order valence-electron chi connectivity index (χ1n) is 27.3. The van der Waals surface area contributed by atoms with Crippen LogP contribution in [0.4, 0.5) is 0 Å². The van der Waals surface area contributed by atoms with Gasteiger partial charge in [-0.05, 0) is 83.1 Å². The molecule has 0 aliphatic heterocycles. The number of likely N-dealkylation sites (N-methyl/N-ethyl adjacent to an activating group) is 1. The Kier molecular flexibility index (Phi) is 44.7. The molecule has 0 spiro atoms. The van der Waals surface area contributed by atoms with Crippen LogP contribution in [-0.4, -0.2) is 69.4 Å². The molecular weight excluding hydrogens is 832 g/mol. The maximum atomic E-state index is 13.4. The van der Waals surface area contributed by atoms with Gasteiger partial charge >= 0.3 is 5.97 Å². The summed E-state index contributed by atoms with van der Waals surface area (Å²) in [6.07, 6.45) is 52.5. The zero-order valence-electron chi connectivity index (χ0n) is 43.4. The van der Waals surface area contributed by atoms with Gasteiger partial charge < -0.3 is 28.5 Å². The van der Waals surface area contributed by atoms with E-state index in [9.17, 15) is 19.0 Å². The SMILES string of the molecule is CCCCCC/C=C\CCCCCCCCCC(=O)NC(COP(=O)([O-])OCC[N+](C)(C)C)C(/C=C/CCCCCCCCCCC)OC(=O)CCCCC/C=C\CCCCCCCC. The summed E-state index contributed by atoms with van der Waals surface area (Å²) in [5.74, 6) is -0.562. The van der Waals surface area contributed by atoms with Crippen molar-refractivity contribution in [3.05, 3.63) is 36.5 Å². The second-order valence-corrected chi connectivity index (χ2v) is 21.1. The number of phosphoric acid groups is 1. The van der Waals surface area contributed by atoms with Gasteiger partial charge in [-0.3, -0.25) is 14.2 Å². The van der Waals surface area contributed by atoms with Crippen LogP contribution in [0.15, 0.2) is 36.5 Å². The lowest BCUT2D eigenvalue weighted by atomic mass is 10.1. The van der Waals surface area contributed by atoms with Crippen LogP contribution < -0.4 is 10.2 Å². The number of unbranched alkanes of at least 4 members (excludes halogenated alkanes) is 29. The number of rotatable bonds is 49. The number of amides is 1. The maximum absolute atomic E-state index is 13.4. The quantitative estimate of drug-likeness (QED) is 0.0212. The molecule has 3 atom stereocenters. The van der Waals surface area contributed by atoms with Gasteiger partial charge in [0.25, 0.3) is 7.82 Å². The fourth-order valence-electron chi connectivity index (χ4n) is 7.75. The highest BCUT2D eigenvalue weighted by atomic mass is 31.2. The molecule has 0 aromatic carbocycles. The number of nitrogens with zero attached hydrogens (tertiary/aromatic N) is 1. The molecule has 0 fully saturated rings. The third kappa shape index (κ3) is 47.1. The minimum Gasteiger partial charge on any atom is -0.756 e. The molecule has 0 heterocycles. The van der Waals surface area contributed by atoms with Crippen molar-refractivity contribution in [2.75, 3.05) is 40.9 Å². The summed E-state index contributed by atoms with van der Waals surface area (Å²) in [6, 6.07) is -0.891. The van der Waals surface area contributed by atoms with E-state index in [1.165, 1.54) is 135 Å². The van der Waals surface area contributed by atoms with Gasteiger partial charge in [0.05, 0.1) is 33.8 Å². The van der Waals surface area contributed by atoms with Gasteiger partial charge in [0.2, 0.25) is 5.91 Å². The predicted octanol–water partition coefficient (Wildman–Crippen LogP) is 15.4. The standard InChI is InChI=1S/C55H105N2O7P/c1-7-10-13-16-19-22-25-27-28-30-32-35-38-41-44-47-54(58)56-52(51-63-65(60,61)62-50-49-57(4,5)6)53(46-43-40-37-34-31-24-21-18-15-12-9-3)64-55(59)48-45-42-39-36-33-29-26-23-20-17-14-11-8-2/h22,25,29,33,43,46,52-53H,7-21,23-24,26-28,30-32,34-42,44-45,47-51H2,1-6H3,(H-,56,58,60,61)/b25-22-,33-29-,46-43+. The van der Waals surface area contributed by atoms with Crippen LogP contribution >= 0.6 is 7.82 Å². The molecule has 0 aromatic heterocycles. The highest BCUT2D eigenvalue weighted by Gasteiger charge is 2.27. The molecule has 65 heavy (non-hydrogen) atoms. The monoisotopic (exact) mass is 937 g/mol. The Hall–Kier alpha value is -1.77. The lowest BCUT2D eigenvalue weighted by molar-refractivity contribution is -0.870. The van der Waals surface area contributed by atoms with Crippen LogP contribution in [-0.2, 0) is 27.9 Å². The molecule has 0 radical (unpaired) electrons. The number of phosphoric ester groups is 1. The van der Waals surface area contributed by atoms with Crippen LogP contribution in [0, 0.1) is 0 Å². The number of quaternary nitrogens is 1. The Labute approximate surface area is 402 Å². The number of nitrogens with one attached hydrogen (secondary N) is 1. The average molecular weight is 937 g/mol. The van der Waals surface area contributed by atoms with Crippen LogP contribution in [0.25, 0.3) is 0 Å². The Morgan fingerprint density at radius 2 is 0.892 bits per heavy atom. The molecular formula is C55H105N2O7P. The molecule has 3 unspecified atom stereocenters. The first-order chi connectivity index (χ1) is 31.4. The van der Waals surface area contributed by atoms with Crippen molar-refractivity contribution < 1.29 is 37.3 Å². The zero-order valence-corrected chi connectivity index (χ0v) is 44.3. The molecule has 0 aromatic rings. The normalized spacial score (nSPS) is 14.1. The van der Waals surface area contributed by atoms with E-state index in [0.717, 1.165) is 77.0 Å². The van der Waals surface area contributed by atoms with E-state index in [-0.39, 0.29) is 24.9 Å². The lowest BCUT2D eigenvalue weighted by Gasteiger charge is -2.30. The fraction of sp³-hybridized carbons (Fsp3) is 0.855. The number of hydrogen-bond donors (Lipinski definition) is 1. The fourth-order valence-corrected chi connectivity index (χ4v) is 8.47. The Morgan fingerprint density at radius 1 is 0.523 bits per heavy atom. The first kappa shape index (κ1) is 63.2. The van der Waals surface area contributed by atoms with Crippen LogP contribution in [0.3, 0.4) is 0 Å². The smallest absolute Gasteiger partial charge is 0.306 e. The van der Waals surface area contributed by atoms with Crippen LogP contribution in [0.1, 0.15) is 252 Å². The number of hydrogen-bond acceptors (Lipinski definition) is 7. The number of ether oxygens (including phenoxy) is 1. The van der Waals surface area contributed by atoms with E-state index in [1.807, 2.05) is 33.3 Å². The van der Waals surface area contributed by atoms with Gasteiger partial charge in [-0.15, -0.1) is 0 Å². The van der Waals surface area contributed by atoms with E-state index in [1.54, 1.807) is 0 Å². The molecule has 0 aliphatic carbocycles. The van der Waals surface area contributed by atoms with Crippen molar-refractivity contribution in [2.45, 2.75) is 264 Å². The molecule has 1 N–H and O–H groups in total. The minimum absolute atomic E-state index is 0.0243. The Bertz CT molecular complexity index is 1220. The van der Waals surface area contributed by atoms with Crippen molar-refractivity contribution in [3.63, 3.8) is 0 Å². The summed E-state index contributed by atoms with van der Waals surface area (Å²) >= 11 is 0. The van der Waals surface area contributed by atoms with Gasteiger partial charge in [0.1, 0.15) is 19.3 Å². The summed E-state index contributed by atoms with van der Waals surface area (Å²) < 4.78 is 30.1. The van der Waals surface area contributed by atoms with Crippen molar-refractivity contribution in [3.8, 4) is 0 Å². The highest BCUT2D eigenvalue weighted by Crippen LogP contribution is 2.38. The summed E-state index contributed by atoms with van der Waals surface area (Å²) in [5.41, 5.74) is 0. The highest BCUT2D eigenvalue weighted by molar-refractivity contribution is 7.45. The lowest BCUT2D eigenvalue weighted by Crippen LogP contribution is -2.47. The minimum atomic E-state index is -4.69. The average Bonchev–Trinajstić information content (AvgIpc) is 3.26. The first-order valence-corrected chi connectivity index (χ1v) is 28.8. The van der Waals surface area contributed by atoms with Gasteiger partial charge in [0, 0.05) is 12.8 Å². The Balaban J connectivity index is 5.39. The molecule has 0 bridgehead atoms. The van der Waals surface area contributed by atoms with Crippen molar-refractivity contribution >= 4 is 19.7 Å². The molecule has 0 saturated carbocycles. The second-order valence-electron chi connectivity index (χ2n) is 19.7. The summed E-state index contributed by atoms with van der Waals surface area (Å²) in [7, 11) is 1.18. The molecule has 0 aliphatic rings. The molecule has 10 heteroatoms. The number of carbonyl (C=O) groups is 2. The van der Waals surface area contributed by atoms with E-state index < -0.39 is 26.6 Å². The van der Waals surface area contributed by atoms with E-state index >= 15 is 0 Å². The molecule has 0 saturated heterocycles. The van der Waals surface area contributed by atoms with Crippen LogP contribution in [0.5, 0.6) is 0 Å². The van der Waals surface area contributed by atoms with Gasteiger partial charge in [0.15, 0.2) is 0 Å². The Morgan fingerprint density at radius 3 is 1.34 bits per heavy atom. The summed E-state index contributed by atoms with van der Waals surface area (Å²) in [5, 5.41) is 3.01.